The molecule has 0 aliphatic carbocycles. The highest BCUT2D eigenvalue weighted by Gasteiger charge is 2.32. The summed E-state index contributed by atoms with van der Waals surface area (Å²) in [4.78, 5) is 25.7. The molecule has 30 heavy (non-hydrogen) atoms. The lowest BCUT2D eigenvalue weighted by atomic mass is 9.99. The van der Waals surface area contributed by atoms with Crippen LogP contribution in [-0.2, 0) is 32.0 Å². The molecule has 0 saturated carbocycles. The van der Waals surface area contributed by atoms with Crippen molar-refractivity contribution >= 4 is 17.4 Å². The van der Waals surface area contributed by atoms with Crippen molar-refractivity contribution in [2.45, 2.75) is 26.6 Å². The van der Waals surface area contributed by atoms with E-state index < -0.39 is 17.8 Å². The van der Waals surface area contributed by atoms with E-state index in [-0.39, 0.29) is 23.7 Å². The summed E-state index contributed by atoms with van der Waals surface area (Å²) < 4.78 is 43.2. The molecule has 2 aromatic rings. The Balaban J connectivity index is 2.28. The molecular weight excluding hydrogens is 403 g/mol. The second-order valence-electron chi connectivity index (χ2n) is 6.07. The standard InChI is InChI=1S/C20H20F3N3O4/c1-12-7-5-8-14(18(26-29-4)19(27)28-3)15(12)11-30-25-13(2)16-9-6-10-17(24-16)20(21,22)23/h5-10H,11H2,1-4H3/b25-13+,26-18+. The van der Waals surface area contributed by atoms with Gasteiger partial charge in [-0.1, -0.05) is 34.6 Å². The van der Waals surface area contributed by atoms with Crippen molar-refractivity contribution in [2.75, 3.05) is 14.2 Å². The summed E-state index contributed by atoms with van der Waals surface area (Å²) in [7, 11) is 2.51. The first kappa shape index (κ1) is 22.9. The van der Waals surface area contributed by atoms with Crippen LogP contribution in [0.3, 0.4) is 0 Å². The van der Waals surface area contributed by atoms with E-state index >= 15 is 0 Å². The minimum Gasteiger partial charge on any atom is -0.464 e. The number of alkyl halides is 3. The monoisotopic (exact) mass is 423 g/mol. The van der Waals surface area contributed by atoms with E-state index in [1.165, 1.54) is 33.3 Å². The predicted molar refractivity (Wildman–Crippen MR) is 103 cm³/mol. The quantitative estimate of drug-likeness (QED) is 0.384. The molecule has 0 N–H and O–H groups in total. The molecule has 0 spiro atoms. The molecular formula is C20H20F3N3O4. The van der Waals surface area contributed by atoms with E-state index in [0.717, 1.165) is 11.6 Å². The van der Waals surface area contributed by atoms with Crippen LogP contribution in [0, 0.1) is 6.92 Å². The number of benzene rings is 1. The highest BCUT2D eigenvalue weighted by Crippen LogP contribution is 2.27. The van der Waals surface area contributed by atoms with Crippen LogP contribution in [-0.4, -0.2) is 36.6 Å². The Morgan fingerprint density at radius 3 is 2.43 bits per heavy atom. The molecule has 0 saturated heterocycles. The molecule has 0 radical (unpaired) electrons. The SMILES string of the molecule is CO/N=C(/C(=O)OC)c1cccc(C)c1CO/N=C(\C)c1cccc(C(F)(F)F)n1. The van der Waals surface area contributed by atoms with Gasteiger partial charge in [0.15, 0.2) is 5.71 Å². The third kappa shape index (κ3) is 5.56. The van der Waals surface area contributed by atoms with Crippen LogP contribution in [0.4, 0.5) is 13.2 Å². The molecule has 0 amide bonds. The van der Waals surface area contributed by atoms with Crippen molar-refractivity contribution in [1.82, 2.24) is 4.98 Å². The maximum Gasteiger partial charge on any atom is 0.433 e. The van der Waals surface area contributed by atoms with E-state index in [4.69, 9.17) is 14.4 Å². The zero-order chi connectivity index (χ0) is 22.3. The van der Waals surface area contributed by atoms with E-state index in [0.29, 0.717) is 11.1 Å². The number of ether oxygens (including phenoxy) is 1. The minimum absolute atomic E-state index is 0.0334. The lowest BCUT2D eigenvalue weighted by Gasteiger charge is -2.12. The van der Waals surface area contributed by atoms with Crippen molar-refractivity contribution in [3.63, 3.8) is 0 Å². The lowest BCUT2D eigenvalue weighted by molar-refractivity contribution is -0.141. The number of aromatic nitrogens is 1. The van der Waals surface area contributed by atoms with Crippen LogP contribution in [0.2, 0.25) is 0 Å². The van der Waals surface area contributed by atoms with Gasteiger partial charge in [0.1, 0.15) is 25.1 Å². The molecule has 2 rings (SSSR count). The van der Waals surface area contributed by atoms with Crippen LogP contribution in [0.15, 0.2) is 46.7 Å². The van der Waals surface area contributed by atoms with Gasteiger partial charge >= 0.3 is 12.1 Å². The van der Waals surface area contributed by atoms with Gasteiger partial charge in [-0.25, -0.2) is 9.78 Å². The van der Waals surface area contributed by atoms with Gasteiger partial charge in [0.25, 0.3) is 0 Å². The summed E-state index contributed by atoms with van der Waals surface area (Å²) in [5.41, 5.74) is 0.920. The van der Waals surface area contributed by atoms with Gasteiger partial charge in [-0.15, -0.1) is 0 Å². The van der Waals surface area contributed by atoms with E-state index in [9.17, 15) is 18.0 Å². The number of oxime groups is 2. The van der Waals surface area contributed by atoms with E-state index in [1.54, 1.807) is 25.1 Å². The highest BCUT2D eigenvalue weighted by atomic mass is 19.4. The summed E-state index contributed by atoms with van der Waals surface area (Å²) in [6.07, 6.45) is -4.56. The van der Waals surface area contributed by atoms with E-state index in [2.05, 4.69) is 15.3 Å². The zero-order valence-electron chi connectivity index (χ0n) is 16.8. The minimum atomic E-state index is -4.56. The molecule has 1 aromatic carbocycles. The molecule has 0 unspecified atom stereocenters. The van der Waals surface area contributed by atoms with Crippen molar-refractivity contribution in [3.8, 4) is 0 Å². The molecule has 7 nitrogen and oxygen atoms in total. The van der Waals surface area contributed by atoms with Crippen LogP contribution in [0.1, 0.15) is 35.0 Å². The number of pyridine rings is 1. The maximum absolute atomic E-state index is 12.8. The third-order valence-corrected chi connectivity index (χ3v) is 4.05. The molecule has 0 bridgehead atoms. The van der Waals surface area contributed by atoms with Gasteiger partial charge in [-0.05, 0) is 31.5 Å². The molecule has 160 valence electrons. The van der Waals surface area contributed by atoms with Crippen molar-refractivity contribution in [1.29, 1.82) is 0 Å². The fourth-order valence-electron chi connectivity index (χ4n) is 2.53. The highest BCUT2D eigenvalue weighted by molar-refractivity contribution is 6.43. The molecule has 0 atom stereocenters. The first-order chi connectivity index (χ1) is 14.2. The number of rotatable bonds is 7. The number of aryl methyl sites for hydroxylation is 1. The Hall–Kier alpha value is -3.43. The summed E-state index contributed by atoms with van der Waals surface area (Å²) in [5.74, 6) is -0.698. The molecule has 0 fully saturated rings. The summed E-state index contributed by atoms with van der Waals surface area (Å²) in [6, 6.07) is 8.69. The van der Waals surface area contributed by atoms with Gasteiger partial charge < -0.3 is 14.4 Å². The van der Waals surface area contributed by atoms with Crippen molar-refractivity contribution in [3.05, 3.63) is 64.5 Å². The predicted octanol–water partition coefficient (Wildman–Crippen LogP) is 3.87. The number of carbonyl (C=O) groups excluding carboxylic acids is 1. The Labute approximate surface area is 171 Å². The number of carbonyl (C=O) groups is 1. The lowest BCUT2D eigenvalue weighted by Crippen LogP contribution is -2.20. The van der Waals surface area contributed by atoms with Crippen LogP contribution in [0.5, 0.6) is 0 Å². The number of halogens is 3. The topological polar surface area (TPSA) is 82.4 Å². The van der Waals surface area contributed by atoms with E-state index in [1.807, 2.05) is 0 Å². The van der Waals surface area contributed by atoms with Crippen LogP contribution < -0.4 is 0 Å². The number of hydrogen-bond acceptors (Lipinski definition) is 7. The van der Waals surface area contributed by atoms with Gasteiger partial charge in [0, 0.05) is 11.1 Å². The average Bonchev–Trinajstić information content (AvgIpc) is 2.72. The second-order valence-corrected chi connectivity index (χ2v) is 6.07. The Bertz CT molecular complexity index is 972. The number of methoxy groups -OCH3 is 1. The molecule has 10 heteroatoms. The van der Waals surface area contributed by atoms with Gasteiger partial charge in [-0.3, -0.25) is 0 Å². The number of nitrogens with zero attached hydrogens (tertiary/aromatic N) is 3. The Morgan fingerprint density at radius 1 is 1.10 bits per heavy atom. The van der Waals surface area contributed by atoms with Gasteiger partial charge in [-0.2, -0.15) is 13.2 Å². The Kier molecular flexibility index (Phi) is 7.51. The first-order valence-electron chi connectivity index (χ1n) is 8.68. The Morgan fingerprint density at radius 2 is 1.80 bits per heavy atom. The smallest absolute Gasteiger partial charge is 0.433 e. The van der Waals surface area contributed by atoms with Gasteiger partial charge in [0.2, 0.25) is 0 Å². The fourth-order valence-corrected chi connectivity index (χ4v) is 2.53. The van der Waals surface area contributed by atoms with Crippen molar-refractivity contribution < 1.29 is 32.4 Å². The normalized spacial score (nSPS) is 12.5. The van der Waals surface area contributed by atoms with Crippen LogP contribution in [0.25, 0.3) is 0 Å². The summed E-state index contributed by atoms with van der Waals surface area (Å²) >= 11 is 0. The van der Waals surface area contributed by atoms with Gasteiger partial charge in [0.05, 0.1) is 12.8 Å². The third-order valence-electron chi connectivity index (χ3n) is 4.05. The number of esters is 1. The largest absolute Gasteiger partial charge is 0.464 e. The maximum atomic E-state index is 12.8. The molecule has 0 aliphatic heterocycles. The summed E-state index contributed by atoms with van der Waals surface area (Å²) in [5, 5.41) is 7.59. The molecule has 0 aliphatic rings. The van der Waals surface area contributed by atoms with Crippen LogP contribution >= 0.6 is 0 Å². The first-order valence-corrected chi connectivity index (χ1v) is 8.68. The molecule has 1 heterocycles. The van der Waals surface area contributed by atoms with Crippen molar-refractivity contribution in [2.24, 2.45) is 10.3 Å². The summed E-state index contributed by atoms with van der Waals surface area (Å²) in [6.45, 7) is 3.21. The fraction of sp³-hybridized carbons (Fsp3) is 0.300. The zero-order valence-corrected chi connectivity index (χ0v) is 16.8. The number of hydrogen-bond donors (Lipinski definition) is 0. The molecule has 1 aromatic heterocycles. The average molecular weight is 423 g/mol. The second kappa shape index (κ2) is 9.86.